The normalized spacial score (nSPS) is 22.5. The van der Waals surface area contributed by atoms with Crippen molar-refractivity contribution in [1.29, 1.82) is 5.26 Å². The lowest BCUT2D eigenvalue weighted by Crippen LogP contribution is -2.47. The number of amides is 2. The van der Waals surface area contributed by atoms with Crippen molar-refractivity contribution >= 4 is 30.2 Å². The third kappa shape index (κ3) is 6.95. The van der Waals surface area contributed by atoms with Crippen LogP contribution >= 0.6 is 0 Å². The number of benzene rings is 1. The topological polar surface area (TPSA) is 124 Å². The Morgan fingerprint density at radius 3 is 2.62 bits per heavy atom. The molecule has 1 aromatic rings. The summed E-state index contributed by atoms with van der Waals surface area (Å²) in [5.74, 6) is -3.39. The lowest BCUT2D eigenvalue weighted by molar-refractivity contribution is -0.125. The van der Waals surface area contributed by atoms with Crippen LogP contribution in [0.4, 0.5) is 19.3 Å². The predicted octanol–water partition coefficient (Wildman–Crippen LogP) is 4.65. The van der Waals surface area contributed by atoms with Gasteiger partial charge in [-0.3, -0.25) is 14.7 Å². The number of alkyl halides is 2. The second kappa shape index (κ2) is 11.9. The van der Waals surface area contributed by atoms with Crippen LogP contribution < -0.4 is 5.73 Å². The maximum absolute atomic E-state index is 14.1. The fourth-order valence-electron chi connectivity index (χ4n) is 4.74. The Morgan fingerprint density at radius 2 is 2.03 bits per heavy atom. The molecule has 208 valence electrons. The van der Waals surface area contributed by atoms with Gasteiger partial charge in [-0.2, -0.15) is 5.26 Å². The molecule has 11 heteroatoms. The Balaban J connectivity index is 0.00000205. The fraction of sp³-hybridized carbons (Fsp3) is 0.464. The van der Waals surface area contributed by atoms with E-state index in [1.165, 1.54) is 24.2 Å². The van der Waals surface area contributed by atoms with Crippen LogP contribution in [0.15, 0.2) is 51.6 Å². The summed E-state index contributed by atoms with van der Waals surface area (Å²) >= 11 is 0. The summed E-state index contributed by atoms with van der Waals surface area (Å²) in [5.41, 5.74) is 6.54. The molecular weight excluding hydrogens is 506 g/mol. The number of carbonyl (C=O) groups is 2. The number of fused-ring (bicyclic) bond motifs is 1. The van der Waals surface area contributed by atoms with E-state index < -0.39 is 29.9 Å². The summed E-state index contributed by atoms with van der Waals surface area (Å²) in [5, 5.41) is 9.48. The van der Waals surface area contributed by atoms with Gasteiger partial charge in [-0.05, 0) is 76.7 Å². The van der Waals surface area contributed by atoms with Gasteiger partial charge in [0.15, 0.2) is 0 Å². The van der Waals surface area contributed by atoms with Gasteiger partial charge in [-0.1, -0.05) is 6.07 Å². The SMILES string of the molecule is C=N/C=C1/C=C(C#N)C(=O)N(C2CCC(F)(F)C2)C1=Nc1ccc2c(c1)CCN(C(=O)OC(C)(C)C)C2.CN. The van der Waals surface area contributed by atoms with Gasteiger partial charge in [0.2, 0.25) is 5.92 Å². The second-order valence-electron chi connectivity index (χ2n) is 10.4. The molecule has 39 heavy (non-hydrogen) atoms. The highest BCUT2D eigenvalue weighted by Crippen LogP contribution is 2.40. The number of halogens is 2. The molecule has 1 fully saturated rings. The Morgan fingerprint density at radius 1 is 1.31 bits per heavy atom. The largest absolute Gasteiger partial charge is 0.444 e. The summed E-state index contributed by atoms with van der Waals surface area (Å²) in [4.78, 5) is 36.9. The van der Waals surface area contributed by atoms with Gasteiger partial charge < -0.3 is 15.4 Å². The first-order valence-corrected chi connectivity index (χ1v) is 12.7. The van der Waals surface area contributed by atoms with E-state index in [0.29, 0.717) is 30.8 Å². The lowest BCUT2D eigenvalue weighted by Gasteiger charge is -2.33. The van der Waals surface area contributed by atoms with Crippen molar-refractivity contribution in [3.63, 3.8) is 0 Å². The molecule has 1 aliphatic carbocycles. The first-order chi connectivity index (χ1) is 18.4. The highest BCUT2D eigenvalue weighted by atomic mass is 19.3. The van der Waals surface area contributed by atoms with E-state index in [2.05, 4.69) is 22.4 Å². The average molecular weight is 541 g/mol. The van der Waals surface area contributed by atoms with Gasteiger partial charge in [0.1, 0.15) is 23.1 Å². The zero-order valence-electron chi connectivity index (χ0n) is 22.7. The summed E-state index contributed by atoms with van der Waals surface area (Å²) < 4.78 is 33.7. The monoisotopic (exact) mass is 540 g/mol. The number of hydrogen-bond acceptors (Lipinski definition) is 7. The van der Waals surface area contributed by atoms with E-state index in [1.807, 2.05) is 39.0 Å². The molecule has 0 radical (unpaired) electrons. The third-order valence-corrected chi connectivity index (χ3v) is 6.42. The Bertz CT molecular complexity index is 1270. The lowest BCUT2D eigenvalue weighted by atomic mass is 9.99. The van der Waals surface area contributed by atoms with Gasteiger partial charge in [-0.25, -0.2) is 18.6 Å². The molecule has 0 saturated heterocycles. The van der Waals surface area contributed by atoms with Gasteiger partial charge in [0, 0.05) is 43.7 Å². The summed E-state index contributed by atoms with van der Waals surface area (Å²) in [6.45, 7) is 9.78. The Labute approximate surface area is 227 Å². The molecule has 1 aromatic carbocycles. The molecule has 2 amide bonds. The first kappa shape index (κ1) is 29.6. The van der Waals surface area contributed by atoms with Gasteiger partial charge >= 0.3 is 6.09 Å². The van der Waals surface area contributed by atoms with Crippen molar-refractivity contribution in [3.8, 4) is 6.07 Å². The van der Waals surface area contributed by atoms with Crippen molar-refractivity contribution in [3.05, 3.63) is 52.7 Å². The number of nitriles is 1. The van der Waals surface area contributed by atoms with Crippen LogP contribution in [0.3, 0.4) is 0 Å². The van der Waals surface area contributed by atoms with E-state index in [0.717, 1.165) is 11.1 Å². The summed E-state index contributed by atoms with van der Waals surface area (Å²) in [7, 11) is 1.50. The van der Waals surface area contributed by atoms with Crippen molar-refractivity contribution in [2.45, 2.75) is 70.6 Å². The molecule has 1 saturated carbocycles. The number of rotatable bonds is 3. The quantitative estimate of drug-likeness (QED) is 0.559. The molecule has 1 unspecified atom stereocenters. The average Bonchev–Trinajstić information content (AvgIpc) is 3.24. The van der Waals surface area contributed by atoms with Crippen LogP contribution in [0.5, 0.6) is 0 Å². The minimum atomic E-state index is -2.89. The van der Waals surface area contributed by atoms with Crippen LogP contribution in [-0.2, 0) is 22.5 Å². The third-order valence-electron chi connectivity index (χ3n) is 6.42. The zero-order chi connectivity index (χ0) is 29.0. The highest BCUT2D eigenvalue weighted by molar-refractivity contribution is 6.19. The van der Waals surface area contributed by atoms with Crippen LogP contribution in [-0.4, -0.2) is 65.5 Å². The van der Waals surface area contributed by atoms with Crippen LogP contribution in [0, 0.1) is 11.3 Å². The van der Waals surface area contributed by atoms with E-state index in [1.54, 1.807) is 11.0 Å². The van der Waals surface area contributed by atoms with E-state index >= 15 is 0 Å². The number of aliphatic imine (C=N–C) groups is 2. The predicted molar refractivity (Wildman–Crippen MR) is 145 cm³/mol. The molecule has 3 aliphatic rings. The fourth-order valence-corrected chi connectivity index (χ4v) is 4.74. The molecular formula is C28H34F2N6O3. The van der Waals surface area contributed by atoms with Gasteiger partial charge in [0.05, 0.1) is 5.69 Å². The Hall–Kier alpha value is -3.91. The van der Waals surface area contributed by atoms with Crippen molar-refractivity contribution in [1.82, 2.24) is 9.80 Å². The van der Waals surface area contributed by atoms with E-state index in [9.17, 15) is 23.6 Å². The van der Waals surface area contributed by atoms with Crippen molar-refractivity contribution in [2.75, 3.05) is 13.6 Å². The number of nitrogens with zero attached hydrogens (tertiary/aromatic N) is 5. The number of amidine groups is 1. The highest BCUT2D eigenvalue weighted by Gasteiger charge is 2.46. The minimum absolute atomic E-state index is 0.0932. The van der Waals surface area contributed by atoms with Crippen molar-refractivity contribution in [2.24, 2.45) is 15.7 Å². The summed E-state index contributed by atoms with van der Waals surface area (Å²) in [6, 6.07) is 6.52. The molecule has 0 spiro atoms. The summed E-state index contributed by atoms with van der Waals surface area (Å²) in [6.07, 6.45) is 2.17. The number of ether oxygens (including phenoxy) is 1. The molecule has 1 atom stereocenters. The molecule has 2 heterocycles. The van der Waals surface area contributed by atoms with E-state index in [-0.39, 0.29) is 30.3 Å². The Kier molecular flexibility index (Phi) is 9.02. The van der Waals surface area contributed by atoms with Gasteiger partial charge in [-0.15, -0.1) is 0 Å². The second-order valence-corrected chi connectivity index (χ2v) is 10.4. The molecule has 2 N–H and O–H groups in total. The minimum Gasteiger partial charge on any atom is -0.444 e. The molecule has 2 aliphatic heterocycles. The molecule has 9 nitrogen and oxygen atoms in total. The smallest absolute Gasteiger partial charge is 0.410 e. The molecule has 0 bridgehead atoms. The molecule has 0 aromatic heterocycles. The number of carbonyl (C=O) groups excluding carboxylic acids is 2. The standard InChI is InChI=1S/C27H29F2N5O3.CH5N/c1-26(2,3)37-25(36)33-10-8-17-12-21(6-5-18(17)16-33)32-23-20(15-31-4)11-19(14-30)24(35)34(23)22-7-9-27(28,29)13-22;1-2/h5-6,11-12,15,22H,4,7-10,13,16H2,1-3H3;2H2,1H3/b20-15-,32-23?;. The van der Waals surface area contributed by atoms with Gasteiger partial charge in [0.25, 0.3) is 5.91 Å². The number of nitrogens with two attached hydrogens (primary N) is 1. The maximum Gasteiger partial charge on any atom is 0.410 e. The van der Waals surface area contributed by atoms with Crippen LogP contribution in [0.25, 0.3) is 0 Å². The number of hydrogen-bond donors (Lipinski definition) is 1. The first-order valence-electron chi connectivity index (χ1n) is 12.7. The maximum atomic E-state index is 14.1. The van der Waals surface area contributed by atoms with Crippen molar-refractivity contribution < 1.29 is 23.1 Å². The van der Waals surface area contributed by atoms with Crippen LogP contribution in [0.2, 0.25) is 0 Å². The zero-order valence-corrected chi connectivity index (χ0v) is 22.7. The molecule has 4 rings (SSSR count). The van der Waals surface area contributed by atoms with E-state index in [4.69, 9.17) is 4.74 Å². The van der Waals surface area contributed by atoms with Crippen LogP contribution in [0.1, 0.15) is 51.2 Å².